The van der Waals surface area contributed by atoms with Crippen LogP contribution in [0.5, 0.6) is 0 Å². The van der Waals surface area contributed by atoms with Crippen LogP contribution in [0.4, 0.5) is 0 Å². The normalized spacial score (nSPS) is 13.8. The fourth-order valence-corrected chi connectivity index (χ4v) is 1.14. The second-order valence-corrected chi connectivity index (χ2v) is 3.33. The van der Waals surface area contributed by atoms with Gasteiger partial charge in [-0.2, -0.15) is 0 Å². The van der Waals surface area contributed by atoms with Crippen molar-refractivity contribution < 1.29 is 19.0 Å². The Morgan fingerprint density at radius 2 is 1.86 bits per heavy atom. The molecule has 0 radical (unpaired) electrons. The number of carbonyl (C=O) groups is 1. The summed E-state index contributed by atoms with van der Waals surface area (Å²) >= 11 is 0. The Labute approximate surface area is 85.5 Å². The van der Waals surface area contributed by atoms with Crippen molar-refractivity contribution in [1.29, 1.82) is 0 Å². The predicted octanol–water partition coefficient (Wildman–Crippen LogP) is 1.58. The highest BCUT2D eigenvalue weighted by Crippen LogP contribution is 2.24. The Hall–Kier alpha value is -0.610. The summed E-state index contributed by atoms with van der Waals surface area (Å²) in [6, 6.07) is 0. The molecular formula is C10H20O4. The monoisotopic (exact) mass is 204 g/mol. The average molecular weight is 204 g/mol. The van der Waals surface area contributed by atoms with E-state index in [-0.39, 0.29) is 11.9 Å². The molecule has 0 amide bonds. The Kier molecular flexibility index (Phi) is 5.72. The van der Waals surface area contributed by atoms with E-state index in [1.54, 1.807) is 28.1 Å². The standard InChI is InChI=1S/C10H20O4/c1-6-14-9(11)7-8(2)10(3,12-4)13-5/h8H,6-7H2,1-5H3. The maximum Gasteiger partial charge on any atom is 0.306 e. The van der Waals surface area contributed by atoms with E-state index in [2.05, 4.69) is 0 Å². The zero-order valence-electron chi connectivity index (χ0n) is 9.62. The third-order valence-corrected chi connectivity index (χ3v) is 2.48. The molecule has 0 aliphatic carbocycles. The van der Waals surface area contributed by atoms with Crippen LogP contribution in [0.2, 0.25) is 0 Å². The minimum Gasteiger partial charge on any atom is -0.466 e. The van der Waals surface area contributed by atoms with Gasteiger partial charge in [-0.05, 0) is 13.8 Å². The topological polar surface area (TPSA) is 44.8 Å². The minimum atomic E-state index is -0.729. The van der Waals surface area contributed by atoms with Crippen molar-refractivity contribution in [3.05, 3.63) is 0 Å². The Morgan fingerprint density at radius 1 is 1.36 bits per heavy atom. The van der Waals surface area contributed by atoms with E-state index in [0.29, 0.717) is 13.0 Å². The lowest BCUT2D eigenvalue weighted by molar-refractivity contribution is -0.226. The zero-order valence-corrected chi connectivity index (χ0v) is 9.62. The molecule has 0 heterocycles. The molecule has 4 nitrogen and oxygen atoms in total. The van der Waals surface area contributed by atoms with Gasteiger partial charge in [0.1, 0.15) is 0 Å². The molecule has 0 rings (SSSR count). The maximum atomic E-state index is 11.2. The Bertz CT molecular complexity index is 175. The quantitative estimate of drug-likeness (QED) is 0.487. The van der Waals surface area contributed by atoms with Crippen LogP contribution in [-0.2, 0) is 19.0 Å². The van der Waals surface area contributed by atoms with E-state index >= 15 is 0 Å². The van der Waals surface area contributed by atoms with Gasteiger partial charge in [0.15, 0.2) is 5.79 Å². The molecule has 0 aromatic rings. The first-order valence-electron chi connectivity index (χ1n) is 4.76. The van der Waals surface area contributed by atoms with E-state index in [0.717, 1.165) is 0 Å². The number of rotatable bonds is 6. The molecule has 0 saturated heterocycles. The van der Waals surface area contributed by atoms with Crippen molar-refractivity contribution in [1.82, 2.24) is 0 Å². The molecule has 0 fully saturated rings. The summed E-state index contributed by atoms with van der Waals surface area (Å²) in [5.41, 5.74) is 0. The molecule has 1 unspecified atom stereocenters. The van der Waals surface area contributed by atoms with Gasteiger partial charge in [-0.15, -0.1) is 0 Å². The van der Waals surface area contributed by atoms with Crippen LogP contribution in [0.3, 0.4) is 0 Å². The van der Waals surface area contributed by atoms with Crippen molar-refractivity contribution in [2.24, 2.45) is 5.92 Å². The Morgan fingerprint density at radius 3 is 2.21 bits per heavy atom. The van der Waals surface area contributed by atoms with E-state index < -0.39 is 5.79 Å². The number of methoxy groups -OCH3 is 2. The van der Waals surface area contributed by atoms with Gasteiger partial charge < -0.3 is 14.2 Å². The van der Waals surface area contributed by atoms with Crippen molar-refractivity contribution >= 4 is 5.97 Å². The molecule has 84 valence electrons. The van der Waals surface area contributed by atoms with Gasteiger partial charge in [-0.25, -0.2) is 0 Å². The molecule has 0 bridgehead atoms. The minimum absolute atomic E-state index is 0.0449. The third-order valence-electron chi connectivity index (χ3n) is 2.48. The Balaban J connectivity index is 4.17. The highest BCUT2D eigenvalue weighted by Gasteiger charge is 2.32. The first kappa shape index (κ1) is 13.4. The van der Waals surface area contributed by atoms with Crippen LogP contribution >= 0.6 is 0 Å². The fourth-order valence-electron chi connectivity index (χ4n) is 1.14. The molecule has 0 N–H and O–H groups in total. The zero-order chi connectivity index (χ0) is 11.2. The van der Waals surface area contributed by atoms with Crippen molar-refractivity contribution in [2.75, 3.05) is 20.8 Å². The van der Waals surface area contributed by atoms with Gasteiger partial charge in [0, 0.05) is 20.1 Å². The highest BCUT2D eigenvalue weighted by atomic mass is 16.7. The molecule has 1 atom stereocenters. The number of hydrogen-bond acceptors (Lipinski definition) is 4. The molecule has 0 saturated carbocycles. The summed E-state index contributed by atoms with van der Waals surface area (Å²) in [4.78, 5) is 11.2. The van der Waals surface area contributed by atoms with Crippen LogP contribution < -0.4 is 0 Å². The second kappa shape index (κ2) is 5.98. The van der Waals surface area contributed by atoms with E-state index in [9.17, 15) is 4.79 Å². The van der Waals surface area contributed by atoms with Gasteiger partial charge in [-0.1, -0.05) is 6.92 Å². The first-order valence-corrected chi connectivity index (χ1v) is 4.76. The van der Waals surface area contributed by atoms with Gasteiger partial charge >= 0.3 is 5.97 Å². The van der Waals surface area contributed by atoms with Crippen LogP contribution in [-0.4, -0.2) is 32.6 Å². The van der Waals surface area contributed by atoms with Crippen LogP contribution in [0.1, 0.15) is 27.2 Å². The number of hydrogen-bond donors (Lipinski definition) is 0. The number of carbonyl (C=O) groups excluding carboxylic acids is 1. The molecule has 0 aliphatic rings. The van der Waals surface area contributed by atoms with Crippen molar-refractivity contribution in [2.45, 2.75) is 33.0 Å². The summed E-state index contributed by atoms with van der Waals surface area (Å²) in [7, 11) is 3.12. The van der Waals surface area contributed by atoms with Gasteiger partial charge in [0.2, 0.25) is 0 Å². The van der Waals surface area contributed by atoms with E-state index in [1.165, 1.54) is 0 Å². The van der Waals surface area contributed by atoms with Crippen molar-refractivity contribution in [3.63, 3.8) is 0 Å². The number of esters is 1. The molecule has 0 aromatic carbocycles. The highest BCUT2D eigenvalue weighted by molar-refractivity contribution is 5.69. The average Bonchev–Trinajstić information content (AvgIpc) is 2.16. The van der Waals surface area contributed by atoms with Gasteiger partial charge in [-0.3, -0.25) is 4.79 Å². The lowest BCUT2D eigenvalue weighted by atomic mass is 9.98. The van der Waals surface area contributed by atoms with Crippen LogP contribution in [0.15, 0.2) is 0 Å². The molecule has 14 heavy (non-hydrogen) atoms. The smallest absolute Gasteiger partial charge is 0.306 e. The largest absolute Gasteiger partial charge is 0.466 e. The van der Waals surface area contributed by atoms with Gasteiger partial charge in [0.25, 0.3) is 0 Å². The summed E-state index contributed by atoms with van der Waals surface area (Å²) < 4.78 is 15.2. The number of ether oxygens (including phenoxy) is 3. The van der Waals surface area contributed by atoms with E-state index in [1.807, 2.05) is 6.92 Å². The molecule has 4 heteroatoms. The second-order valence-electron chi connectivity index (χ2n) is 3.33. The summed E-state index contributed by atoms with van der Waals surface area (Å²) in [5.74, 6) is -0.996. The van der Waals surface area contributed by atoms with Crippen LogP contribution in [0.25, 0.3) is 0 Å². The molecule has 0 aromatic heterocycles. The predicted molar refractivity (Wildman–Crippen MR) is 52.8 cm³/mol. The summed E-state index contributed by atoms with van der Waals surface area (Å²) in [6.45, 7) is 5.89. The van der Waals surface area contributed by atoms with Gasteiger partial charge in [0.05, 0.1) is 13.0 Å². The fraction of sp³-hybridized carbons (Fsp3) is 0.900. The summed E-state index contributed by atoms with van der Waals surface area (Å²) in [6.07, 6.45) is 0.298. The van der Waals surface area contributed by atoms with Crippen LogP contribution in [0, 0.1) is 5.92 Å². The van der Waals surface area contributed by atoms with E-state index in [4.69, 9.17) is 14.2 Å². The third kappa shape index (κ3) is 3.64. The lowest BCUT2D eigenvalue weighted by Crippen LogP contribution is -2.38. The lowest BCUT2D eigenvalue weighted by Gasteiger charge is -2.32. The first-order chi connectivity index (χ1) is 6.50. The SMILES string of the molecule is CCOC(=O)CC(C)C(C)(OC)OC. The molecular weight excluding hydrogens is 184 g/mol. The van der Waals surface area contributed by atoms with Crippen molar-refractivity contribution in [3.8, 4) is 0 Å². The molecule has 0 aliphatic heterocycles. The maximum absolute atomic E-state index is 11.2. The molecule has 0 spiro atoms. The summed E-state index contributed by atoms with van der Waals surface area (Å²) in [5, 5.41) is 0.